The molecule has 12 heteroatoms. The highest BCUT2D eigenvalue weighted by Gasteiger charge is 2.31. The average molecular weight is 471 g/mol. The van der Waals surface area contributed by atoms with Crippen molar-refractivity contribution in [1.82, 2.24) is 9.97 Å². The van der Waals surface area contributed by atoms with Gasteiger partial charge in [0.2, 0.25) is 11.8 Å². The summed E-state index contributed by atoms with van der Waals surface area (Å²) >= 11 is -0.172. The first kappa shape index (κ1) is 24.1. The minimum Gasteiger partial charge on any atom is -0.378 e. The van der Waals surface area contributed by atoms with Gasteiger partial charge in [-0.25, -0.2) is 4.98 Å². The van der Waals surface area contributed by atoms with Gasteiger partial charge in [0.1, 0.15) is 6.20 Å². The summed E-state index contributed by atoms with van der Waals surface area (Å²) in [5.74, 6) is 0.630. The van der Waals surface area contributed by atoms with E-state index in [1.54, 1.807) is 23.1 Å². The van der Waals surface area contributed by atoms with Gasteiger partial charge in [-0.1, -0.05) is 18.2 Å². The van der Waals surface area contributed by atoms with Crippen LogP contribution in [0.2, 0.25) is 0 Å². The molecule has 1 aromatic heterocycles. The van der Waals surface area contributed by atoms with Crippen molar-refractivity contribution in [2.45, 2.75) is 42.6 Å². The third kappa shape index (κ3) is 6.45. The van der Waals surface area contributed by atoms with Gasteiger partial charge in [0.15, 0.2) is 0 Å². The van der Waals surface area contributed by atoms with Gasteiger partial charge < -0.3 is 16.4 Å². The summed E-state index contributed by atoms with van der Waals surface area (Å²) in [5.41, 5.74) is 7.15. The Balaban J connectivity index is 1.88. The third-order valence-electron chi connectivity index (χ3n) is 5.60. The number of rotatable bonds is 8. The summed E-state index contributed by atoms with van der Waals surface area (Å²) in [4.78, 5) is 20.4. The quantitative estimate of drug-likeness (QED) is 0.331. The molecule has 0 atom stereocenters. The summed E-state index contributed by atoms with van der Waals surface area (Å²) in [6.45, 7) is 1.26. The molecule has 2 aromatic rings. The zero-order valence-corrected chi connectivity index (χ0v) is 18.1. The lowest BCUT2D eigenvalue weighted by Crippen LogP contribution is -2.33. The number of nitrogens with two attached hydrogens (primary N) is 2. The van der Waals surface area contributed by atoms with E-state index in [0.717, 1.165) is 31.9 Å². The molecule has 1 heterocycles. The van der Waals surface area contributed by atoms with Crippen LogP contribution in [0.5, 0.6) is 0 Å². The van der Waals surface area contributed by atoms with Gasteiger partial charge >= 0.3 is 11.2 Å². The maximum absolute atomic E-state index is 13.0. The van der Waals surface area contributed by atoms with Crippen molar-refractivity contribution >= 4 is 29.2 Å². The minimum absolute atomic E-state index is 0.0896. The Labute approximate surface area is 187 Å². The Kier molecular flexibility index (Phi) is 7.77. The number of benzene rings is 1. The first-order valence-electron chi connectivity index (χ1n) is 10.2. The smallest absolute Gasteiger partial charge is 0.378 e. The first-order chi connectivity index (χ1) is 15.2. The van der Waals surface area contributed by atoms with E-state index >= 15 is 0 Å². The first-order valence-corrected chi connectivity index (χ1v) is 11.0. The lowest BCUT2D eigenvalue weighted by Gasteiger charge is -2.33. The van der Waals surface area contributed by atoms with Gasteiger partial charge in [0.25, 0.3) is 0 Å². The second-order valence-electron chi connectivity index (χ2n) is 7.86. The van der Waals surface area contributed by atoms with E-state index in [9.17, 15) is 23.3 Å². The highest BCUT2D eigenvalue weighted by molar-refractivity contribution is 8.00. The van der Waals surface area contributed by atoms with E-state index < -0.39 is 16.1 Å². The maximum atomic E-state index is 13.0. The van der Waals surface area contributed by atoms with Gasteiger partial charge in [-0.15, -0.1) is 0 Å². The van der Waals surface area contributed by atoms with Crippen LogP contribution in [0.4, 0.5) is 30.6 Å². The number of alkyl halides is 3. The van der Waals surface area contributed by atoms with Crippen molar-refractivity contribution in [2.24, 2.45) is 17.6 Å². The second kappa shape index (κ2) is 10.3. The molecule has 0 saturated heterocycles. The lowest BCUT2D eigenvalue weighted by atomic mass is 9.82. The SMILES string of the molecule is NCC1CCC(CN(Cc2ccccc2SC(F)(F)F)c2ncc([N+](=O)[O-])c(N)n2)CC1. The molecule has 0 amide bonds. The Hall–Kier alpha value is -2.60. The molecule has 174 valence electrons. The van der Waals surface area contributed by atoms with Crippen LogP contribution < -0.4 is 16.4 Å². The normalized spacial score (nSPS) is 19.0. The van der Waals surface area contributed by atoms with Gasteiger partial charge in [0, 0.05) is 18.0 Å². The van der Waals surface area contributed by atoms with Crippen molar-refractivity contribution in [3.8, 4) is 0 Å². The van der Waals surface area contributed by atoms with E-state index in [1.807, 2.05) is 0 Å². The summed E-state index contributed by atoms with van der Waals surface area (Å²) in [7, 11) is 0. The molecule has 0 unspecified atom stereocenters. The van der Waals surface area contributed by atoms with Crippen molar-refractivity contribution in [3.05, 3.63) is 46.1 Å². The van der Waals surface area contributed by atoms with E-state index in [4.69, 9.17) is 11.5 Å². The zero-order chi connectivity index (χ0) is 23.3. The van der Waals surface area contributed by atoms with Crippen LogP contribution in [0.25, 0.3) is 0 Å². The van der Waals surface area contributed by atoms with Crippen LogP contribution in [-0.4, -0.2) is 33.5 Å². The zero-order valence-electron chi connectivity index (χ0n) is 17.3. The third-order valence-corrected chi connectivity index (χ3v) is 6.45. The molecule has 8 nitrogen and oxygen atoms in total. The van der Waals surface area contributed by atoms with Gasteiger partial charge in [0.05, 0.1) is 4.92 Å². The van der Waals surface area contributed by atoms with Crippen molar-refractivity contribution in [2.75, 3.05) is 23.7 Å². The molecular weight excluding hydrogens is 445 g/mol. The number of anilines is 2. The number of hydrogen-bond donors (Lipinski definition) is 2. The van der Waals surface area contributed by atoms with Gasteiger partial charge in [-0.05, 0) is 67.5 Å². The maximum Gasteiger partial charge on any atom is 0.446 e. The molecule has 4 N–H and O–H groups in total. The summed E-state index contributed by atoms with van der Waals surface area (Å²) < 4.78 is 39.1. The fourth-order valence-electron chi connectivity index (χ4n) is 3.91. The Morgan fingerprint density at radius 1 is 1.19 bits per heavy atom. The van der Waals surface area contributed by atoms with Crippen molar-refractivity contribution in [1.29, 1.82) is 0 Å². The summed E-state index contributed by atoms with van der Waals surface area (Å²) in [5, 5.41) is 11.1. The van der Waals surface area contributed by atoms with Crippen LogP contribution in [0.1, 0.15) is 31.2 Å². The standard InChI is InChI=1S/C20H25F3N6O2S/c21-20(22,23)32-17-4-2-1-3-15(17)12-28(11-14-7-5-13(9-24)6-8-14)19-26-10-16(29(30)31)18(25)27-19/h1-4,10,13-14H,5-9,11-12,24H2,(H2,25,26,27). The highest BCUT2D eigenvalue weighted by Crippen LogP contribution is 2.39. The van der Waals surface area contributed by atoms with E-state index in [-0.39, 0.29) is 40.9 Å². The molecule has 1 saturated carbocycles. The predicted octanol–water partition coefficient (Wildman–Crippen LogP) is 4.35. The number of halogens is 3. The Morgan fingerprint density at radius 3 is 2.44 bits per heavy atom. The molecule has 1 aliphatic carbocycles. The minimum atomic E-state index is -4.42. The molecule has 0 spiro atoms. The molecule has 1 aromatic carbocycles. The van der Waals surface area contributed by atoms with Gasteiger partial charge in [-0.3, -0.25) is 10.1 Å². The summed E-state index contributed by atoms with van der Waals surface area (Å²) in [6.07, 6.45) is 4.86. The number of nitrogens with zero attached hydrogens (tertiary/aromatic N) is 4. The Bertz CT molecular complexity index is 938. The van der Waals surface area contributed by atoms with Crippen LogP contribution in [0, 0.1) is 22.0 Å². The van der Waals surface area contributed by atoms with E-state index in [0.29, 0.717) is 24.6 Å². The molecule has 32 heavy (non-hydrogen) atoms. The van der Waals surface area contributed by atoms with Gasteiger partial charge in [-0.2, -0.15) is 18.2 Å². The molecule has 0 bridgehead atoms. The van der Waals surface area contributed by atoms with E-state index in [1.165, 1.54) is 6.07 Å². The summed E-state index contributed by atoms with van der Waals surface area (Å²) in [6, 6.07) is 6.27. The number of nitro groups is 1. The van der Waals surface area contributed by atoms with Crippen LogP contribution in [0.3, 0.4) is 0 Å². The molecule has 0 radical (unpaired) electrons. The molecule has 1 aliphatic rings. The monoisotopic (exact) mass is 470 g/mol. The molecule has 1 fully saturated rings. The number of thioether (sulfide) groups is 1. The topological polar surface area (TPSA) is 124 Å². The largest absolute Gasteiger partial charge is 0.446 e. The molecular formula is C20H25F3N6O2S. The fraction of sp³-hybridized carbons (Fsp3) is 0.500. The van der Waals surface area contributed by atoms with E-state index in [2.05, 4.69) is 9.97 Å². The highest BCUT2D eigenvalue weighted by atomic mass is 32.2. The van der Waals surface area contributed by atoms with Crippen molar-refractivity contribution in [3.63, 3.8) is 0 Å². The molecule has 0 aliphatic heterocycles. The lowest BCUT2D eigenvalue weighted by molar-refractivity contribution is -0.384. The molecule has 3 rings (SSSR count). The van der Waals surface area contributed by atoms with Crippen molar-refractivity contribution < 1.29 is 18.1 Å². The Morgan fingerprint density at radius 2 is 1.84 bits per heavy atom. The van der Waals surface area contributed by atoms with Crippen LogP contribution >= 0.6 is 11.8 Å². The number of nitrogen functional groups attached to an aromatic ring is 1. The van der Waals surface area contributed by atoms with Crippen LogP contribution in [0.15, 0.2) is 35.4 Å². The fourth-order valence-corrected chi connectivity index (χ4v) is 4.57. The second-order valence-corrected chi connectivity index (χ2v) is 8.96. The van der Waals surface area contributed by atoms with Crippen LogP contribution in [-0.2, 0) is 6.54 Å². The average Bonchev–Trinajstić information content (AvgIpc) is 2.73. The predicted molar refractivity (Wildman–Crippen MR) is 117 cm³/mol. The number of aromatic nitrogens is 2. The number of hydrogen-bond acceptors (Lipinski definition) is 8.